The minimum Gasteiger partial charge on any atom is -0.345 e. The number of anilines is 2. The van der Waals surface area contributed by atoms with Crippen molar-refractivity contribution < 1.29 is 4.39 Å². The van der Waals surface area contributed by atoms with Crippen molar-refractivity contribution in [2.75, 3.05) is 11.9 Å². The molecule has 0 N–H and O–H groups in total. The summed E-state index contributed by atoms with van der Waals surface area (Å²) in [5, 5.41) is -0.206. The van der Waals surface area contributed by atoms with E-state index in [9.17, 15) is 4.39 Å². The molecule has 1 saturated carbocycles. The van der Waals surface area contributed by atoms with E-state index in [1.54, 1.807) is 12.1 Å². The molecule has 2 aromatic rings. The third kappa shape index (κ3) is 3.50. The number of hydrogen-bond donors (Lipinski definition) is 0. The van der Waals surface area contributed by atoms with E-state index >= 15 is 0 Å². The summed E-state index contributed by atoms with van der Waals surface area (Å²) in [5.74, 6) is -0.215. The second kappa shape index (κ2) is 6.27. The Kier molecular flexibility index (Phi) is 4.46. The maximum atomic E-state index is 13.1. The molecule has 0 heterocycles. The summed E-state index contributed by atoms with van der Waals surface area (Å²) in [4.78, 5) is 2.05. The van der Waals surface area contributed by atoms with Gasteiger partial charge in [0.25, 0.3) is 0 Å². The van der Waals surface area contributed by atoms with Crippen LogP contribution in [0.5, 0.6) is 0 Å². The Morgan fingerprint density at radius 2 is 1.29 bits per heavy atom. The van der Waals surface area contributed by atoms with Crippen molar-refractivity contribution in [2.45, 2.75) is 44.8 Å². The van der Waals surface area contributed by atoms with Gasteiger partial charge in [-0.3, -0.25) is 0 Å². The molecule has 0 aromatic heterocycles. The van der Waals surface area contributed by atoms with Crippen molar-refractivity contribution in [3.8, 4) is 0 Å². The lowest BCUT2D eigenvalue weighted by Gasteiger charge is -2.42. The van der Waals surface area contributed by atoms with Gasteiger partial charge in [0.15, 0.2) is 0 Å². The lowest BCUT2D eigenvalue weighted by molar-refractivity contribution is 0.206. The first-order valence-electron chi connectivity index (χ1n) is 8.68. The first kappa shape index (κ1) is 17.1. The Morgan fingerprint density at radius 1 is 0.833 bits per heavy atom. The van der Waals surface area contributed by atoms with Gasteiger partial charge in [-0.1, -0.05) is 44.4 Å². The van der Waals surface area contributed by atoms with Crippen LogP contribution in [0.3, 0.4) is 0 Å². The fourth-order valence-corrected chi connectivity index (χ4v) is 3.49. The fraction of sp³-hybridized carbons (Fsp3) is 0.429. The predicted octanol–water partition coefficient (Wildman–Crippen LogP) is 5.56. The largest absolute Gasteiger partial charge is 0.345 e. The molecule has 1 aliphatic carbocycles. The van der Waals surface area contributed by atoms with Gasteiger partial charge >= 0.3 is 0 Å². The quantitative estimate of drug-likeness (QED) is 0.669. The molecule has 0 unspecified atom stereocenters. The predicted molar refractivity (Wildman–Crippen MR) is 101 cm³/mol. The highest BCUT2D eigenvalue weighted by Crippen LogP contribution is 2.45. The van der Waals surface area contributed by atoms with Gasteiger partial charge in [-0.15, -0.1) is 0 Å². The number of benzene rings is 2. The molecular weight excluding hydrogens is 296 g/mol. The fourth-order valence-electron chi connectivity index (χ4n) is 3.49. The SMILES string of the molecule is [B]C1(c2ccc(N(C)c3ccc(F)cc3)cc2)CCC(C)(C)CC1. The summed E-state index contributed by atoms with van der Waals surface area (Å²) < 4.78 is 13.1. The third-order valence-electron chi connectivity index (χ3n) is 5.54. The van der Waals surface area contributed by atoms with Crippen molar-refractivity contribution in [1.29, 1.82) is 0 Å². The zero-order valence-electron chi connectivity index (χ0n) is 14.8. The number of hydrogen-bond acceptors (Lipinski definition) is 1. The van der Waals surface area contributed by atoms with E-state index in [2.05, 4.69) is 43.0 Å². The molecule has 2 radical (unpaired) electrons. The van der Waals surface area contributed by atoms with Crippen LogP contribution in [0.2, 0.25) is 0 Å². The molecule has 0 amide bonds. The zero-order chi connectivity index (χ0) is 17.4. The van der Waals surface area contributed by atoms with Crippen LogP contribution in [-0.2, 0) is 5.31 Å². The molecule has 1 fully saturated rings. The van der Waals surface area contributed by atoms with Crippen molar-refractivity contribution in [3.05, 3.63) is 59.9 Å². The number of rotatable bonds is 3. The highest BCUT2D eigenvalue weighted by Gasteiger charge is 2.35. The highest BCUT2D eigenvalue weighted by molar-refractivity contribution is 6.16. The van der Waals surface area contributed by atoms with Gasteiger partial charge in [0, 0.05) is 18.4 Å². The van der Waals surface area contributed by atoms with E-state index in [1.165, 1.54) is 30.5 Å². The lowest BCUT2D eigenvalue weighted by atomic mass is 9.53. The smallest absolute Gasteiger partial charge is 0.123 e. The van der Waals surface area contributed by atoms with E-state index in [4.69, 9.17) is 7.85 Å². The van der Waals surface area contributed by atoms with Gasteiger partial charge < -0.3 is 4.90 Å². The van der Waals surface area contributed by atoms with Crippen LogP contribution in [0.1, 0.15) is 45.1 Å². The minimum atomic E-state index is -0.215. The van der Waals surface area contributed by atoms with E-state index in [1.807, 2.05) is 7.05 Å². The number of halogens is 1. The Balaban J connectivity index is 1.77. The van der Waals surface area contributed by atoms with Crippen LogP contribution in [0.4, 0.5) is 15.8 Å². The van der Waals surface area contributed by atoms with E-state index in [-0.39, 0.29) is 11.1 Å². The molecule has 3 heteroatoms. The van der Waals surface area contributed by atoms with Crippen LogP contribution in [0.25, 0.3) is 0 Å². The first-order valence-corrected chi connectivity index (χ1v) is 8.68. The third-order valence-corrected chi connectivity index (χ3v) is 5.54. The topological polar surface area (TPSA) is 3.24 Å². The second-order valence-corrected chi connectivity index (χ2v) is 7.90. The molecule has 124 valence electrons. The first-order chi connectivity index (χ1) is 11.3. The summed E-state index contributed by atoms with van der Waals surface area (Å²) in [6, 6.07) is 15.0. The Labute approximate surface area is 146 Å². The van der Waals surface area contributed by atoms with Crippen LogP contribution in [0.15, 0.2) is 48.5 Å². The van der Waals surface area contributed by atoms with Crippen molar-refractivity contribution in [2.24, 2.45) is 5.41 Å². The summed E-state index contributed by atoms with van der Waals surface area (Å²) in [6.07, 6.45) is 4.40. The summed E-state index contributed by atoms with van der Waals surface area (Å²) in [7, 11) is 8.69. The van der Waals surface area contributed by atoms with Gasteiger partial charge in [-0.2, -0.15) is 0 Å². The Bertz CT molecular complexity index is 681. The molecule has 3 rings (SSSR count). The van der Waals surface area contributed by atoms with Crippen LogP contribution in [-0.4, -0.2) is 14.9 Å². The Morgan fingerprint density at radius 3 is 1.79 bits per heavy atom. The Hall–Kier alpha value is -1.77. The maximum absolute atomic E-state index is 13.1. The van der Waals surface area contributed by atoms with Crippen molar-refractivity contribution in [1.82, 2.24) is 0 Å². The molecule has 24 heavy (non-hydrogen) atoms. The zero-order valence-corrected chi connectivity index (χ0v) is 14.8. The minimum absolute atomic E-state index is 0.206. The van der Waals surface area contributed by atoms with Gasteiger partial charge in [0.05, 0.1) is 7.85 Å². The van der Waals surface area contributed by atoms with Crippen LogP contribution >= 0.6 is 0 Å². The van der Waals surface area contributed by atoms with Crippen LogP contribution in [0, 0.1) is 11.2 Å². The van der Waals surface area contributed by atoms with Gasteiger partial charge in [-0.05, 0) is 60.0 Å². The lowest BCUT2D eigenvalue weighted by Crippen LogP contribution is -2.35. The molecule has 0 saturated heterocycles. The van der Waals surface area contributed by atoms with Crippen LogP contribution < -0.4 is 4.90 Å². The molecular formula is C21H25BFN. The van der Waals surface area contributed by atoms with Gasteiger partial charge in [0.1, 0.15) is 5.82 Å². The van der Waals surface area contributed by atoms with E-state index in [0.29, 0.717) is 5.41 Å². The molecule has 1 nitrogen and oxygen atoms in total. The van der Waals surface area contributed by atoms with Gasteiger partial charge in [0.2, 0.25) is 0 Å². The highest BCUT2D eigenvalue weighted by atomic mass is 19.1. The van der Waals surface area contributed by atoms with Crippen molar-refractivity contribution in [3.63, 3.8) is 0 Å². The van der Waals surface area contributed by atoms with Crippen molar-refractivity contribution >= 4 is 19.2 Å². The van der Waals surface area contributed by atoms with Gasteiger partial charge in [-0.25, -0.2) is 4.39 Å². The summed E-state index contributed by atoms with van der Waals surface area (Å²) in [6.45, 7) is 4.65. The second-order valence-electron chi connectivity index (χ2n) is 7.90. The monoisotopic (exact) mass is 321 g/mol. The average molecular weight is 321 g/mol. The summed E-state index contributed by atoms with van der Waals surface area (Å²) >= 11 is 0. The average Bonchev–Trinajstić information content (AvgIpc) is 2.58. The molecule has 2 aromatic carbocycles. The van der Waals surface area contributed by atoms with E-state index in [0.717, 1.165) is 24.2 Å². The molecule has 0 bridgehead atoms. The molecule has 1 aliphatic rings. The molecule has 0 spiro atoms. The maximum Gasteiger partial charge on any atom is 0.123 e. The van der Waals surface area contributed by atoms with E-state index < -0.39 is 0 Å². The normalized spacial score (nSPS) is 19.0. The molecule has 0 aliphatic heterocycles. The standard InChI is InChI=1S/C21H25BFN/c1-20(2)12-14-21(22,15-13-20)16-4-8-18(9-5-16)24(3)19-10-6-17(23)7-11-19/h4-11H,12-15H2,1-3H3. The summed E-state index contributed by atoms with van der Waals surface area (Å²) in [5.41, 5.74) is 3.66. The number of nitrogens with zero attached hydrogens (tertiary/aromatic N) is 1. The molecule has 0 atom stereocenters.